The van der Waals surface area contributed by atoms with Gasteiger partial charge in [-0.15, -0.1) is 10.2 Å². The zero-order valence-electron chi connectivity index (χ0n) is 14.7. The highest BCUT2D eigenvalue weighted by Crippen LogP contribution is 2.25. The van der Waals surface area contributed by atoms with Gasteiger partial charge in [-0.2, -0.15) is 8.78 Å². The van der Waals surface area contributed by atoms with Crippen molar-refractivity contribution in [3.8, 4) is 17.2 Å². The molecule has 0 atom stereocenters. The molecule has 8 heteroatoms. The number of rotatable bonds is 5. The van der Waals surface area contributed by atoms with Gasteiger partial charge in [0, 0.05) is 19.3 Å². The Morgan fingerprint density at radius 1 is 1.19 bits per heavy atom. The van der Waals surface area contributed by atoms with Gasteiger partial charge in [0.2, 0.25) is 5.89 Å². The first kappa shape index (κ1) is 17.5. The fourth-order valence-electron chi connectivity index (χ4n) is 2.99. The molecule has 27 heavy (non-hydrogen) atoms. The molecule has 1 aromatic carbocycles. The number of alkyl halides is 2. The summed E-state index contributed by atoms with van der Waals surface area (Å²) < 4.78 is 35.8. The van der Waals surface area contributed by atoms with E-state index in [1.165, 1.54) is 17.3 Å². The van der Waals surface area contributed by atoms with Crippen molar-refractivity contribution in [1.82, 2.24) is 20.1 Å². The molecule has 3 aromatic rings. The SMILES string of the molecule is CN1CCc2cc(OCc3ccc(-c4nnc(C(F)F)o4)cn3)ccc2C1. The largest absolute Gasteiger partial charge is 0.487 e. The third kappa shape index (κ3) is 3.95. The Balaban J connectivity index is 1.40. The molecule has 0 unspecified atom stereocenters. The van der Waals surface area contributed by atoms with Crippen molar-refractivity contribution >= 4 is 0 Å². The molecule has 0 bridgehead atoms. The molecule has 0 fully saturated rings. The minimum atomic E-state index is -2.79. The molecular formula is C19H18F2N4O2. The Morgan fingerprint density at radius 3 is 2.81 bits per heavy atom. The number of fused-ring (bicyclic) bond motifs is 1. The van der Waals surface area contributed by atoms with E-state index in [4.69, 9.17) is 9.15 Å². The van der Waals surface area contributed by atoms with Crippen molar-refractivity contribution in [2.45, 2.75) is 26.0 Å². The Hall–Kier alpha value is -2.87. The van der Waals surface area contributed by atoms with Gasteiger partial charge in [-0.1, -0.05) is 6.07 Å². The molecule has 0 radical (unpaired) electrons. The van der Waals surface area contributed by atoms with Crippen LogP contribution in [0.5, 0.6) is 5.75 Å². The van der Waals surface area contributed by atoms with E-state index in [1.807, 2.05) is 6.07 Å². The van der Waals surface area contributed by atoms with Crippen LogP contribution in [0.1, 0.15) is 29.1 Å². The van der Waals surface area contributed by atoms with Crippen LogP contribution in [-0.4, -0.2) is 33.7 Å². The van der Waals surface area contributed by atoms with Crippen LogP contribution < -0.4 is 4.74 Å². The molecule has 0 amide bonds. The van der Waals surface area contributed by atoms with Crippen LogP contribution in [0.2, 0.25) is 0 Å². The highest BCUT2D eigenvalue weighted by molar-refractivity contribution is 5.50. The molecular weight excluding hydrogens is 354 g/mol. The zero-order valence-corrected chi connectivity index (χ0v) is 14.7. The van der Waals surface area contributed by atoms with Crippen molar-refractivity contribution in [1.29, 1.82) is 0 Å². The molecule has 1 aliphatic rings. The second kappa shape index (κ2) is 7.40. The lowest BCUT2D eigenvalue weighted by atomic mass is 10.00. The lowest BCUT2D eigenvalue weighted by Gasteiger charge is -2.25. The minimum absolute atomic E-state index is 0.0184. The van der Waals surface area contributed by atoms with Crippen LogP contribution in [0.4, 0.5) is 8.78 Å². The fourth-order valence-corrected chi connectivity index (χ4v) is 2.99. The Bertz CT molecular complexity index is 928. The van der Waals surface area contributed by atoms with E-state index >= 15 is 0 Å². The van der Waals surface area contributed by atoms with Crippen molar-refractivity contribution in [3.63, 3.8) is 0 Å². The first-order chi connectivity index (χ1) is 13.1. The van der Waals surface area contributed by atoms with Crippen molar-refractivity contribution in [3.05, 3.63) is 59.2 Å². The number of nitrogens with zero attached hydrogens (tertiary/aromatic N) is 4. The monoisotopic (exact) mass is 372 g/mol. The van der Waals surface area contributed by atoms with E-state index in [0.717, 1.165) is 25.3 Å². The van der Waals surface area contributed by atoms with Crippen molar-refractivity contribution < 1.29 is 17.9 Å². The van der Waals surface area contributed by atoms with Crippen LogP contribution in [-0.2, 0) is 19.6 Å². The minimum Gasteiger partial charge on any atom is -0.487 e. The average molecular weight is 372 g/mol. The zero-order chi connectivity index (χ0) is 18.8. The number of hydrogen-bond donors (Lipinski definition) is 0. The highest BCUT2D eigenvalue weighted by atomic mass is 19.3. The maximum absolute atomic E-state index is 12.5. The maximum Gasteiger partial charge on any atom is 0.314 e. The molecule has 0 spiro atoms. The van der Waals surface area contributed by atoms with Gasteiger partial charge in [0.1, 0.15) is 12.4 Å². The summed E-state index contributed by atoms with van der Waals surface area (Å²) in [5.41, 5.74) is 3.85. The summed E-state index contributed by atoms with van der Waals surface area (Å²) in [5, 5.41) is 6.91. The third-order valence-electron chi connectivity index (χ3n) is 4.47. The predicted octanol–water partition coefficient (Wildman–Crippen LogP) is 3.64. The molecule has 140 valence electrons. The number of halogens is 2. The summed E-state index contributed by atoms with van der Waals surface area (Å²) in [6.45, 7) is 2.31. The second-order valence-electron chi connectivity index (χ2n) is 6.49. The van der Waals surface area contributed by atoms with Crippen LogP contribution in [0.15, 0.2) is 40.9 Å². The fraction of sp³-hybridized carbons (Fsp3) is 0.316. The number of pyridine rings is 1. The summed E-state index contributed by atoms with van der Waals surface area (Å²) in [6, 6.07) is 9.59. The second-order valence-corrected chi connectivity index (χ2v) is 6.49. The lowest BCUT2D eigenvalue weighted by molar-refractivity contribution is 0.116. The van der Waals surface area contributed by atoms with Gasteiger partial charge in [0.25, 0.3) is 5.89 Å². The molecule has 3 heterocycles. The molecule has 2 aromatic heterocycles. The quantitative estimate of drug-likeness (QED) is 0.681. The molecule has 1 aliphatic heterocycles. The lowest BCUT2D eigenvalue weighted by Crippen LogP contribution is -2.26. The molecule has 4 rings (SSSR count). The smallest absolute Gasteiger partial charge is 0.314 e. The first-order valence-corrected chi connectivity index (χ1v) is 8.58. The topological polar surface area (TPSA) is 64.3 Å². The predicted molar refractivity (Wildman–Crippen MR) is 93.3 cm³/mol. The van der Waals surface area contributed by atoms with Gasteiger partial charge in [0.15, 0.2) is 0 Å². The van der Waals surface area contributed by atoms with Crippen molar-refractivity contribution in [2.75, 3.05) is 13.6 Å². The molecule has 0 saturated carbocycles. The van der Waals surface area contributed by atoms with E-state index in [0.29, 0.717) is 17.9 Å². The van der Waals surface area contributed by atoms with Crippen LogP contribution in [0.25, 0.3) is 11.5 Å². The van der Waals surface area contributed by atoms with E-state index in [2.05, 4.69) is 39.3 Å². The average Bonchev–Trinajstić information content (AvgIpc) is 3.17. The Labute approximate surface area is 154 Å². The van der Waals surface area contributed by atoms with E-state index in [-0.39, 0.29) is 5.89 Å². The first-order valence-electron chi connectivity index (χ1n) is 8.58. The van der Waals surface area contributed by atoms with E-state index in [9.17, 15) is 8.78 Å². The van der Waals surface area contributed by atoms with Crippen LogP contribution in [0.3, 0.4) is 0 Å². The standard InChI is InChI=1S/C19H18F2N4O2/c1-25-7-6-12-8-16(5-3-14(12)10-25)26-11-15-4-2-13(9-22-15)18-23-24-19(27-18)17(20)21/h2-5,8-9,17H,6-7,10-11H2,1H3. The summed E-state index contributed by atoms with van der Waals surface area (Å²) in [5.74, 6) is 0.128. The van der Waals surface area contributed by atoms with Crippen LogP contribution >= 0.6 is 0 Å². The third-order valence-corrected chi connectivity index (χ3v) is 4.47. The highest BCUT2D eigenvalue weighted by Gasteiger charge is 2.17. The summed E-state index contributed by atoms with van der Waals surface area (Å²) in [6.07, 6.45) is -0.269. The molecule has 0 saturated heterocycles. The molecule has 0 N–H and O–H groups in total. The van der Waals surface area contributed by atoms with Crippen molar-refractivity contribution in [2.24, 2.45) is 0 Å². The summed E-state index contributed by atoms with van der Waals surface area (Å²) >= 11 is 0. The Morgan fingerprint density at radius 2 is 2.07 bits per heavy atom. The Kier molecular flexibility index (Phi) is 4.81. The summed E-state index contributed by atoms with van der Waals surface area (Å²) in [7, 11) is 2.12. The van der Waals surface area contributed by atoms with Gasteiger partial charge in [-0.05, 0) is 48.9 Å². The van der Waals surface area contributed by atoms with E-state index < -0.39 is 12.3 Å². The van der Waals surface area contributed by atoms with Crippen LogP contribution in [0, 0.1) is 0 Å². The van der Waals surface area contributed by atoms with Gasteiger partial charge in [0.05, 0.1) is 11.3 Å². The number of benzene rings is 1. The number of aromatic nitrogens is 3. The normalized spacial score (nSPS) is 14.4. The number of ether oxygens (including phenoxy) is 1. The molecule has 6 nitrogen and oxygen atoms in total. The number of hydrogen-bond acceptors (Lipinski definition) is 6. The number of likely N-dealkylation sites (N-methyl/N-ethyl adjacent to an activating group) is 1. The van der Waals surface area contributed by atoms with Gasteiger partial charge in [-0.25, -0.2) is 0 Å². The molecule has 0 aliphatic carbocycles. The summed E-state index contributed by atoms with van der Waals surface area (Å²) in [4.78, 5) is 6.57. The van der Waals surface area contributed by atoms with Gasteiger partial charge < -0.3 is 14.1 Å². The maximum atomic E-state index is 12.5. The van der Waals surface area contributed by atoms with Gasteiger partial charge >= 0.3 is 6.43 Å². The van der Waals surface area contributed by atoms with Gasteiger partial charge in [-0.3, -0.25) is 4.98 Å². The van der Waals surface area contributed by atoms with E-state index in [1.54, 1.807) is 12.1 Å².